The van der Waals surface area contributed by atoms with E-state index < -0.39 is 10.0 Å². The van der Waals surface area contributed by atoms with Gasteiger partial charge in [-0.3, -0.25) is 9.52 Å². The predicted octanol–water partition coefficient (Wildman–Crippen LogP) is -0.0141. The average molecular weight is 163 g/mol. The maximum atomic E-state index is 10.6. The summed E-state index contributed by atoms with van der Waals surface area (Å²) in [5, 5.41) is 0.960. The number of amides is 1. The number of hydrogen-bond acceptors (Lipinski definition) is 3. The highest BCUT2D eigenvalue weighted by Gasteiger charge is 1.98. The van der Waals surface area contributed by atoms with Crippen LogP contribution in [0, 0.1) is 0 Å². The highest BCUT2D eigenvalue weighted by Crippen LogP contribution is 1.86. The van der Waals surface area contributed by atoms with Crippen molar-refractivity contribution in [3.63, 3.8) is 0 Å². The van der Waals surface area contributed by atoms with E-state index in [-0.39, 0.29) is 6.41 Å². The second kappa shape index (κ2) is 4.05. The largest absolute Gasteiger partial charge is 0.278 e. The molecule has 0 radical (unpaired) electrons. The van der Waals surface area contributed by atoms with Crippen molar-refractivity contribution in [3.8, 4) is 0 Å². The highest BCUT2D eigenvalue weighted by atomic mass is 32.2. The number of nitrogens with one attached hydrogen (secondary N) is 1. The van der Waals surface area contributed by atoms with E-state index in [0.717, 1.165) is 5.41 Å². The molecule has 0 aliphatic carbocycles. The fourth-order valence-corrected chi connectivity index (χ4v) is 0.988. The van der Waals surface area contributed by atoms with Crippen LogP contribution in [0.1, 0.15) is 13.3 Å². The Morgan fingerprint density at radius 3 is 2.50 bits per heavy atom. The summed E-state index contributed by atoms with van der Waals surface area (Å²) >= 11 is 0. The van der Waals surface area contributed by atoms with Gasteiger partial charge < -0.3 is 0 Å². The molecule has 0 spiro atoms. The van der Waals surface area contributed by atoms with Crippen LogP contribution in [0.4, 0.5) is 0 Å². The van der Waals surface area contributed by atoms with Crippen molar-refractivity contribution in [1.82, 2.24) is 4.72 Å². The molecule has 5 heteroatoms. The van der Waals surface area contributed by atoms with Crippen LogP contribution in [0.3, 0.4) is 0 Å². The van der Waals surface area contributed by atoms with Gasteiger partial charge >= 0.3 is 0 Å². The van der Waals surface area contributed by atoms with Gasteiger partial charge in [-0.25, -0.2) is 8.42 Å². The summed E-state index contributed by atoms with van der Waals surface area (Å²) in [4.78, 5) is 9.66. The molecule has 0 unspecified atom stereocenters. The molecular weight excluding hydrogens is 154 g/mol. The Bertz CT molecular complexity index is 217. The van der Waals surface area contributed by atoms with Gasteiger partial charge in [-0.2, -0.15) is 0 Å². The number of rotatable bonds is 4. The molecule has 0 aliphatic heterocycles. The molecule has 0 saturated carbocycles. The minimum atomic E-state index is -3.49. The van der Waals surface area contributed by atoms with Crippen molar-refractivity contribution < 1.29 is 13.2 Å². The molecule has 0 rings (SSSR count). The van der Waals surface area contributed by atoms with Gasteiger partial charge in [0.25, 0.3) is 10.0 Å². The molecule has 0 aliphatic rings. The lowest BCUT2D eigenvalue weighted by Crippen LogP contribution is -2.18. The quantitative estimate of drug-likeness (QED) is 0.593. The standard InChI is InChI=1S/C5H9NO3S/c1-2-3-4-10(8,9)6-5-7/h3-5H,2H2,1H3,(H,6,7). The molecule has 0 saturated heterocycles. The van der Waals surface area contributed by atoms with Crippen molar-refractivity contribution in [3.05, 3.63) is 11.5 Å². The molecule has 0 heterocycles. The first kappa shape index (κ1) is 9.16. The van der Waals surface area contributed by atoms with Crippen molar-refractivity contribution >= 4 is 16.4 Å². The molecule has 4 nitrogen and oxygen atoms in total. The predicted molar refractivity (Wildman–Crippen MR) is 37.6 cm³/mol. The SMILES string of the molecule is CCC=CS(=O)(=O)NC=O. The third-order valence-corrected chi connectivity index (χ3v) is 1.70. The van der Waals surface area contributed by atoms with E-state index in [2.05, 4.69) is 0 Å². The third kappa shape index (κ3) is 4.08. The van der Waals surface area contributed by atoms with Crippen LogP contribution in [-0.2, 0) is 14.8 Å². The first-order valence-electron chi connectivity index (χ1n) is 2.75. The van der Waals surface area contributed by atoms with Crippen molar-refractivity contribution in [2.24, 2.45) is 0 Å². The van der Waals surface area contributed by atoms with Crippen molar-refractivity contribution in [2.45, 2.75) is 13.3 Å². The number of carbonyl (C=O) groups excluding carboxylic acids is 1. The molecule has 58 valence electrons. The zero-order valence-corrected chi connectivity index (χ0v) is 6.39. The van der Waals surface area contributed by atoms with Crippen LogP contribution >= 0.6 is 0 Å². The topological polar surface area (TPSA) is 63.2 Å². The number of carbonyl (C=O) groups is 1. The van der Waals surface area contributed by atoms with Gasteiger partial charge in [0.2, 0.25) is 6.41 Å². The van der Waals surface area contributed by atoms with Gasteiger partial charge in [0.1, 0.15) is 0 Å². The lowest BCUT2D eigenvalue weighted by Gasteiger charge is -1.91. The Labute approximate surface area is 60.0 Å². The first-order valence-corrected chi connectivity index (χ1v) is 4.29. The molecular formula is C5H9NO3S. The summed E-state index contributed by atoms with van der Waals surface area (Å²) in [6, 6.07) is 0. The second-order valence-corrected chi connectivity index (χ2v) is 3.16. The Balaban J connectivity index is 4.14. The van der Waals surface area contributed by atoms with E-state index in [1.54, 1.807) is 11.6 Å². The van der Waals surface area contributed by atoms with Gasteiger partial charge in [-0.05, 0) is 6.42 Å². The summed E-state index contributed by atoms with van der Waals surface area (Å²) in [5.74, 6) is 0. The highest BCUT2D eigenvalue weighted by molar-refractivity contribution is 7.92. The van der Waals surface area contributed by atoms with E-state index in [1.165, 1.54) is 6.08 Å². The molecule has 0 aromatic carbocycles. The van der Waals surface area contributed by atoms with Gasteiger partial charge in [-0.15, -0.1) is 0 Å². The van der Waals surface area contributed by atoms with Crippen LogP contribution in [0.25, 0.3) is 0 Å². The molecule has 1 N–H and O–H groups in total. The Hall–Kier alpha value is -0.840. The number of sulfonamides is 1. The van der Waals surface area contributed by atoms with Crippen LogP contribution in [0.15, 0.2) is 11.5 Å². The summed E-state index contributed by atoms with van der Waals surface area (Å²) in [7, 11) is -3.49. The van der Waals surface area contributed by atoms with E-state index in [1.807, 2.05) is 0 Å². The zero-order chi connectivity index (χ0) is 8.04. The molecule has 10 heavy (non-hydrogen) atoms. The summed E-state index contributed by atoms with van der Waals surface area (Å²) in [5.41, 5.74) is 0. The Kier molecular flexibility index (Phi) is 3.71. The Morgan fingerprint density at radius 1 is 1.50 bits per heavy atom. The van der Waals surface area contributed by atoms with E-state index in [9.17, 15) is 13.2 Å². The van der Waals surface area contributed by atoms with Crippen LogP contribution in [0.5, 0.6) is 0 Å². The molecule has 0 fully saturated rings. The Morgan fingerprint density at radius 2 is 2.10 bits per heavy atom. The minimum absolute atomic E-state index is 0.134. The maximum Gasteiger partial charge on any atom is 0.256 e. The van der Waals surface area contributed by atoms with E-state index in [0.29, 0.717) is 6.42 Å². The maximum absolute atomic E-state index is 10.6. The molecule has 0 aromatic heterocycles. The van der Waals surface area contributed by atoms with Gasteiger partial charge in [0, 0.05) is 5.41 Å². The average Bonchev–Trinajstić information content (AvgIpc) is 1.84. The van der Waals surface area contributed by atoms with Crippen LogP contribution in [-0.4, -0.2) is 14.8 Å². The molecule has 0 bridgehead atoms. The van der Waals surface area contributed by atoms with E-state index >= 15 is 0 Å². The third-order valence-electron chi connectivity index (χ3n) is 0.723. The molecule has 0 atom stereocenters. The smallest absolute Gasteiger partial charge is 0.256 e. The summed E-state index contributed by atoms with van der Waals surface area (Å²) < 4.78 is 22.8. The van der Waals surface area contributed by atoms with E-state index in [4.69, 9.17) is 0 Å². The number of hydrogen-bond donors (Lipinski definition) is 1. The lowest BCUT2D eigenvalue weighted by atomic mass is 10.5. The van der Waals surface area contributed by atoms with Gasteiger partial charge in [0.15, 0.2) is 0 Å². The van der Waals surface area contributed by atoms with Crippen LogP contribution in [0.2, 0.25) is 0 Å². The normalized spacial score (nSPS) is 11.7. The summed E-state index contributed by atoms with van der Waals surface area (Å²) in [6.45, 7) is 1.80. The molecule has 1 amide bonds. The van der Waals surface area contributed by atoms with Crippen molar-refractivity contribution in [1.29, 1.82) is 0 Å². The van der Waals surface area contributed by atoms with Crippen molar-refractivity contribution in [2.75, 3.05) is 0 Å². The second-order valence-electron chi connectivity index (χ2n) is 1.56. The fourth-order valence-electron chi connectivity index (χ4n) is 0.329. The minimum Gasteiger partial charge on any atom is -0.278 e. The fraction of sp³-hybridized carbons (Fsp3) is 0.400. The van der Waals surface area contributed by atoms with Crippen LogP contribution < -0.4 is 4.72 Å². The first-order chi connectivity index (χ1) is 4.62. The molecule has 0 aromatic rings. The number of allylic oxidation sites excluding steroid dienone is 1. The lowest BCUT2D eigenvalue weighted by molar-refractivity contribution is -0.108. The zero-order valence-electron chi connectivity index (χ0n) is 5.57. The van der Waals surface area contributed by atoms with Gasteiger partial charge in [-0.1, -0.05) is 13.0 Å². The van der Waals surface area contributed by atoms with Gasteiger partial charge in [0.05, 0.1) is 0 Å². The monoisotopic (exact) mass is 163 g/mol. The summed E-state index contributed by atoms with van der Waals surface area (Å²) in [6.07, 6.45) is 2.21.